The Kier molecular flexibility index (Phi) is 6.86. The Morgan fingerprint density at radius 3 is 2.18 bits per heavy atom. The Hall–Kier alpha value is -3.04. The molecule has 180 valence electrons. The third-order valence-corrected chi connectivity index (χ3v) is 8.48. The summed E-state index contributed by atoms with van der Waals surface area (Å²) in [5.41, 5.74) is 1.51. The summed E-state index contributed by atoms with van der Waals surface area (Å²) in [6.45, 7) is 1.87. The molecule has 1 saturated carbocycles. The number of sulfonamides is 1. The quantitative estimate of drug-likeness (QED) is 0.460. The smallest absolute Gasteiger partial charge is 0.337 e. The van der Waals surface area contributed by atoms with E-state index in [2.05, 4.69) is 4.74 Å². The first kappa shape index (κ1) is 24.1. The topological polar surface area (TPSA) is 101 Å². The highest BCUT2D eigenvalue weighted by atomic mass is 32.2. The number of rotatable bonds is 6. The second-order valence-corrected chi connectivity index (χ2v) is 10.6. The number of anilines is 1. The van der Waals surface area contributed by atoms with Crippen molar-refractivity contribution in [3.8, 4) is 0 Å². The van der Waals surface area contributed by atoms with Gasteiger partial charge in [0.2, 0.25) is 15.9 Å². The number of benzene rings is 2. The van der Waals surface area contributed by atoms with Crippen LogP contribution in [-0.4, -0.2) is 49.7 Å². The molecule has 2 aliphatic rings. The zero-order chi connectivity index (χ0) is 24.5. The zero-order valence-corrected chi connectivity index (χ0v) is 20.1. The molecular weight excluding hydrogens is 456 g/mol. The molecule has 1 aliphatic carbocycles. The number of imide groups is 1. The molecule has 2 aromatic rings. The van der Waals surface area contributed by atoms with Crippen molar-refractivity contribution >= 4 is 33.5 Å². The van der Waals surface area contributed by atoms with Gasteiger partial charge in [0.15, 0.2) is 0 Å². The van der Waals surface area contributed by atoms with Crippen molar-refractivity contribution in [2.75, 3.05) is 12.0 Å². The van der Waals surface area contributed by atoms with Crippen molar-refractivity contribution in [1.82, 2.24) is 4.31 Å². The first-order valence-electron chi connectivity index (χ1n) is 11.4. The lowest BCUT2D eigenvalue weighted by Gasteiger charge is -2.36. The number of methoxy groups -OCH3 is 1. The number of hydrogen-bond donors (Lipinski definition) is 0. The van der Waals surface area contributed by atoms with Crippen molar-refractivity contribution in [3.63, 3.8) is 0 Å². The normalized spacial score (nSPS) is 19.6. The van der Waals surface area contributed by atoms with E-state index in [0.29, 0.717) is 18.5 Å². The molecule has 34 heavy (non-hydrogen) atoms. The highest BCUT2D eigenvalue weighted by Crippen LogP contribution is 2.35. The Labute approximate surface area is 199 Å². The lowest BCUT2D eigenvalue weighted by Crippen LogP contribution is -2.51. The average molecular weight is 485 g/mol. The van der Waals surface area contributed by atoms with Gasteiger partial charge in [0.25, 0.3) is 5.91 Å². The van der Waals surface area contributed by atoms with Gasteiger partial charge in [-0.25, -0.2) is 18.1 Å². The van der Waals surface area contributed by atoms with Crippen LogP contribution in [0.2, 0.25) is 0 Å². The summed E-state index contributed by atoms with van der Waals surface area (Å²) in [6, 6.07) is 11.0. The maximum absolute atomic E-state index is 13.8. The van der Waals surface area contributed by atoms with Gasteiger partial charge in [0.05, 0.1) is 29.7 Å². The molecule has 1 atom stereocenters. The predicted octanol–water partition coefficient (Wildman–Crippen LogP) is 3.44. The van der Waals surface area contributed by atoms with Crippen molar-refractivity contribution in [2.45, 2.75) is 62.4 Å². The lowest BCUT2D eigenvalue weighted by atomic mass is 9.94. The predicted molar refractivity (Wildman–Crippen MR) is 126 cm³/mol. The molecule has 0 radical (unpaired) electrons. The number of esters is 1. The monoisotopic (exact) mass is 484 g/mol. The molecule has 0 spiro atoms. The van der Waals surface area contributed by atoms with Gasteiger partial charge in [0, 0.05) is 6.04 Å². The van der Waals surface area contributed by atoms with Crippen molar-refractivity contribution in [3.05, 3.63) is 59.7 Å². The molecule has 1 heterocycles. The third kappa shape index (κ3) is 4.50. The first-order chi connectivity index (χ1) is 16.2. The molecule has 1 aliphatic heterocycles. The number of carbonyl (C=O) groups is 3. The number of carbonyl (C=O) groups excluding carboxylic acids is 3. The minimum absolute atomic E-state index is 0.116. The van der Waals surface area contributed by atoms with Crippen LogP contribution < -0.4 is 4.90 Å². The maximum atomic E-state index is 13.8. The molecule has 2 amide bonds. The van der Waals surface area contributed by atoms with E-state index >= 15 is 0 Å². The van der Waals surface area contributed by atoms with E-state index in [0.717, 1.165) is 29.7 Å². The van der Waals surface area contributed by atoms with Crippen LogP contribution in [0.1, 0.15) is 54.4 Å². The molecule has 0 bridgehead atoms. The van der Waals surface area contributed by atoms with Crippen LogP contribution in [-0.2, 0) is 24.3 Å². The van der Waals surface area contributed by atoms with Crippen molar-refractivity contribution in [1.29, 1.82) is 0 Å². The first-order valence-corrected chi connectivity index (χ1v) is 12.8. The number of ether oxygens (including phenoxy) is 1. The van der Waals surface area contributed by atoms with E-state index in [4.69, 9.17) is 0 Å². The molecule has 9 heteroatoms. The fourth-order valence-electron chi connectivity index (χ4n) is 4.74. The summed E-state index contributed by atoms with van der Waals surface area (Å²) < 4.78 is 33.5. The maximum Gasteiger partial charge on any atom is 0.337 e. The second-order valence-electron chi connectivity index (χ2n) is 8.77. The van der Waals surface area contributed by atoms with Gasteiger partial charge in [-0.3, -0.25) is 9.59 Å². The SMILES string of the molecule is COC(=O)c1ccc(N2C(=O)CC(N(C3CCCCC3)S(=O)(=O)c3ccc(C)cc3)C2=O)cc1. The van der Waals surface area contributed by atoms with Gasteiger partial charge in [-0.05, 0) is 56.2 Å². The zero-order valence-electron chi connectivity index (χ0n) is 19.3. The number of aryl methyl sites for hydroxylation is 1. The van der Waals surface area contributed by atoms with Gasteiger partial charge in [-0.2, -0.15) is 4.31 Å². The summed E-state index contributed by atoms with van der Waals surface area (Å²) in [5.74, 6) is -1.58. The van der Waals surface area contributed by atoms with E-state index in [1.807, 2.05) is 6.92 Å². The Morgan fingerprint density at radius 2 is 1.59 bits per heavy atom. The molecule has 2 aromatic carbocycles. The van der Waals surface area contributed by atoms with Crippen LogP contribution in [0.4, 0.5) is 5.69 Å². The van der Waals surface area contributed by atoms with Crippen LogP contribution in [0.25, 0.3) is 0 Å². The van der Waals surface area contributed by atoms with E-state index in [1.54, 1.807) is 24.3 Å². The number of hydrogen-bond acceptors (Lipinski definition) is 6. The molecule has 0 aromatic heterocycles. The Bertz CT molecular complexity index is 1180. The second kappa shape index (κ2) is 9.68. The van der Waals surface area contributed by atoms with Gasteiger partial charge in [-0.15, -0.1) is 0 Å². The van der Waals surface area contributed by atoms with E-state index in [9.17, 15) is 22.8 Å². The molecular formula is C25H28N2O6S. The largest absolute Gasteiger partial charge is 0.465 e. The lowest BCUT2D eigenvalue weighted by molar-refractivity contribution is -0.122. The summed E-state index contributed by atoms with van der Waals surface area (Å²) in [4.78, 5) is 39.3. The minimum Gasteiger partial charge on any atom is -0.465 e. The van der Waals surface area contributed by atoms with Gasteiger partial charge >= 0.3 is 5.97 Å². The van der Waals surface area contributed by atoms with Crippen LogP contribution in [0.5, 0.6) is 0 Å². The average Bonchev–Trinajstić information content (AvgIpc) is 3.12. The van der Waals surface area contributed by atoms with E-state index < -0.39 is 33.8 Å². The van der Waals surface area contributed by atoms with Crippen LogP contribution in [0.15, 0.2) is 53.4 Å². The highest BCUT2D eigenvalue weighted by molar-refractivity contribution is 7.89. The van der Waals surface area contributed by atoms with Crippen molar-refractivity contribution in [2.24, 2.45) is 0 Å². The summed E-state index contributed by atoms with van der Waals surface area (Å²) >= 11 is 0. The van der Waals surface area contributed by atoms with Crippen LogP contribution in [0.3, 0.4) is 0 Å². The molecule has 0 N–H and O–H groups in total. The summed E-state index contributed by atoms with van der Waals surface area (Å²) in [5, 5.41) is 0. The highest BCUT2D eigenvalue weighted by Gasteiger charge is 2.49. The van der Waals surface area contributed by atoms with Crippen molar-refractivity contribution < 1.29 is 27.5 Å². The molecule has 1 unspecified atom stereocenters. The fraction of sp³-hybridized carbons (Fsp3) is 0.400. The van der Waals surface area contributed by atoms with Gasteiger partial charge < -0.3 is 4.74 Å². The van der Waals surface area contributed by atoms with Gasteiger partial charge in [-0.1, -0.05) is 37.0 Å². The fourth-order valence-corrected chi connectivity index (χ4v) is 6.56. The molecule has 8 nitrogen and oxygen atoms in total. The van der Waals surface area contributed by atoms with Crippen LogP contribution in [0, 0.1) is 6.92 Å². The molecule has 4 rings (SSSR count). The van der Waals surface area contributed by atoms with Crippen LogP contribution >= 0.6 is 0 Å². The minimum atomic E-state index is -4.01. The standard InChI is InChI=1S/C25H28N2O6S/c1-17-8-14-21(15-9-17)34(31,32)27(20-6-4-3-5-7-20)22-16-23(28)26(24(22)29)19-12-10-18(11-13-19)25(30)33-2/h8-15,20,22H,3-7,16H2,1-2H3. The number of amides is 2. The third-order valence-electron chi connectivity index (χ3n) is 6.51. The summed E-state index contributed by atoms with van der Waals surface area (Å²) in [6.07, 6.45) is 3.84. The summed E-state index contributed by atoms with van der Waals surface area (Å²) in [7, 11) is -2.75. The van der Waals surface area contributed by atoms with E-state index in [1.165, 1.54) is 35.7 Å². The Morgan fingerprint density at radius 1 is 0.971 bits per heavy atom. The van der Waals surface area contributed by atoms with Gasteiger partial charge in [0.1, 0.15) is 6.04 Å². The number of nitrogens with zero attached hydrogens (tertiary/aromatic N) is 2. The Balaban J connectivity index is 1.69. The molecule has 1 saturated heterocycles. The van der Waals surface area contributed by atoms with E-state index in [-0.39, 0.29) is 22.9 Å². The molecule has 2 fully saturated rings.